The molecule has 2 aromatic carbocycles. The lowest BCUT2D eigenvalue weighted by atomic mass is 10.0. The zero-order valence-electron chi connectivity index (χ0n) is 16.4. The second-order valence-electron chi connectivity index (χ2n) is 7.18. The molecule has 2 aromatic rings. The molecule has 7 heteroatoms. The van der Waals surface area contributed by atoms with Gasteiger partial charge in [-0.05, 0) is 23.6 Å². The number of hydrogen-bond donors (Lipinski definition) is 2. The second-order valence-corrected chi connectivity index (χ2v) is 7.18. The van der Waals surface area contributed by atoms with Crippen molar-refractivity contribution in [2.45, 2.75) is 26.3 Å². The maximum Gasteiger partial charge on any atom is 0.251 e. The van der Waals surface area contributed by atoms with Crippen LogP contribution in [0.15, 0.2) is 42.5 Å². The fourth-order valence-electron chi connectivity index (χ4n) is 2.82. The summed E-state index contributed by atoms with van der Waals surface area (Å²) in [6, 6.07) is 9.81. The first-order valence-electron chi connectivity index (χ1n) is 9.00. The highest BCUT2D eigenvalue weighted by atomic mass is 19.1. The third-order valence-electron chi connectivity index (χ3n) is 4.03. The van der Waals surface area contributed by atoms with E-state index in [2.05, 4.69) is 10.6 Å². The van der Waals surface area contributed by atoms with Gasteiger partial charge in [0.05, 0.1) is 0 Å². The van der Waals surface area contributed by atoms with Crippen molar-refractivity contribution in [1.29, 1.82) is 0 Å². The monoisotopic (exact) mass is 389 g/mol. The molecule has 0 saturated heterocycles. The summed E-state index contributed by atoms with van der Waals surface area (Å²) in [6.07, 6.45) is 0.261. The van der Waals surface area contributed by atoms with E-state index in [-0.39, 0.29) is 29.6 Å². The number of rotatable bonds is 7. The Hall–Kier alpha value is -2.96. The van der Waals surface area contributed by atoms with Crippen LogP contribution in [0.5, 0.6) is 0 Å². The van der Waals surface area contributed by atoms with E-state index in [0.717, 1.165) is 12.1 Å². The van der Waals surface area contributed by atoms with Crippen LogP contribution in [0.4, 0.5) is 20.2 Å². The van der Waals surface area contributed by atoms with Crippen LogP contribution in [-0.2, 0) is 9.59 Å². The normalized spacial score (nSPS) is 11.8. The van der Waals surface area contributed by atoms with Crippen LogP contribution in [0.25, 0.3) is 0 Å². The maximum atomic E-state index is 14.2. The fourth-order valence-corrected chi connectivity index (χ4v) is 2.82. The Labute approximate surface area is 163 Å². The molecule has 1 atom stereocenters. The van der Waals surface area contributed by atoms with Crippen molar-refractivity contribution >= 4 is 23.2 Å². The summed E-state index contributed by atoms with van der Waals surface area (Å²) in [5.41, 5.74) is 0.357. The number of carbonyl (C=O) groups is 2. The maximum absolute atomic E-state index is 14.2. The number of benzene rings is 2. The van der Waals surface area contributed by atoms with Crippen LogP contribution in [0.1, 0.15) is 31.9 Å². The van der Waals surface area contributed by atoms with Gasteiger partial charge in [0.15, 0.2) is 11.6 Å². The largest absolute Gasteiger partial charge is 0.373 e. The highest BCUT2D eigenvalue weighted by Gasteiger charge is 2.24. The van der Waals surface area contributed by atoms with E-state index >= 15 is 0 Å². The second kappa shape index (κ2) is 9.30. The van der Waals surface area contributed by atoms with E-state index in [1.54, 1.807) is 30.3 Å². The standard InChI is InChI=1S/C21H25F2N3O2/c1-13(2)10-18(27)25-19(14-8-6-5-7-9-14)21(28)24-15-11-16(22)20(26(3)4)17(23)12-15/h5-9,11-13,19H,10H2,1-4H3,(H,24,28)(H,25,27). The fraction of sp³-hybridized carbons (Fsp3) is 0.333. The number of nitrogens with one attached hydrogen (secondary N) is 2. The van der Waals surface area contributed by atoms with Crippen molar-refractivity contribution in [2.24, 2.45) is 5.92 Å². The first-order chi connectivity index (χ1) is 13.2. The number of carbonyl (C=O) groups excluding carboxylic acids is 2. The molecule has 0 heterocycles. The smallest absolute Gasteiger partial charge is 0.251 e. The number of amides is 2. The van der Waals surface area contributed by atoms with Crippen molar-refractivity contribution in [2.75, 3.05) is 24.3 Å². The molecule has 0 aliphatic heterocycles. The van der Waals surface area contributed by atoms with Crippen LogP contribution < -0.4 is 15.5 Å². The Morgan fingerprint density at radius 2 is 1.61 bits per heavy atom. The topological polar surface area (TPSA) is 61.4 Å². The molecule has 2 rings (SSSR count). The van der Waals surface area contributed by atoms with Gasteiger partial charge in [-0.2, -0.15) is 0 Å². The number of anilines is 2. The molecule has 5 nitrogen and oxygen atoms in total. The Balaban J connectivity index is 2.26. The van der Waals surface area contributed by atoms with Gasteiger partial charge in [-0.15, -0.1) is 0 Å². The van der Waals surface area contributed by atoms with E-state index < -0.39 is 23.6 Å². The average molecular weight is 389 g/mol. The van der Waals surface area contributed by atoms with Gasteiger partial charge in [-0.25, -0.2) is 8.78 Å². The van der Waals surface area contributed by atoms with Crippen molar-refractivity contribution < 1.29 is 18.4 Å². The summed E-state index contributed by atoms with van der Waals surface area (Å²) < 4.78 is 28.4. The Morgan fingerprint density at radius 1 is 1.04 bits per heavy atom. The number of halogens is 2. The predicted molar refractivity (Wildman–Crippen MR) is 106 cm³/mol. The third-order valence-corrected chi connectivity index (χ3v) is 4.03. The molecule has 0 saturated carbocycles. The van der Waals surface area contributed by atoms with Crippen LogP contribution in [0, 0.1) is 17.6 Å². The molecule has 28 heavy (non-hydrogen) atoms. The molecule has 0 aliphatic carbocycles. The minimum Gasteiger partial charge on any atom is -0.373 e. The SMILES string of the molecule is CC(C)CC(=O)NC(C(=O)Nc1cc(F)c(N(C)C)c(F)c1)c1ccccc1. The van der Waals surface area contributed by atoms with Gasteiger partial charge in [0.2, 0.25) is 5.91 Å². The molecule has 0 aliphatic rings. The third kappa shape index (κ3) is 5.52. The number of hydrogen-bond acceptors (Lipinski definition) is 3. The zero-order chi connectivity index (χ0) is 20.8. The molecule has 0 spiro atoms. The molecular weight excluding hydrogens is 364 g/mol. The highest BCUT2D eigenvalue weighted by molar-refractivity contribution is 5.98. The Bertz CT molecular complexity index is 816. The molecule has 1 unspecified atom stereocenters. The van der Waals surface area contributed by atoms with Crippen molar-refractivity contribution in [3.05, 3.63) is 59.7 Å². The van der Waals surface area contributed by atoms with Gasteiger partial charge in [0.1, 0.15) is 11.7 Å². The molecule has 0 radical (unpaired) electrons. The molecule has 2 amide bonds. The summed E-state index contributed by atoms with van der Waals surface area (Å²) >= 11 is 0. The van der Waals surface area contributed by atoms with E-state index in [4.69, 9.17) is 0 Å². The first kappa shape index (κ1) is 21.3. The lowest BCUT2D eigenvalue weighted by molar-refractivity contribution is -0.127. The molecule has 150 valence electrons. The average Bonchev–Trinajstić information content (AvgIpc) is 2.58. The van der Waals surface area contributed by atoms with Gasteiger partial charge in [-0.1, -0.05) is 44.2 Å². The van der Waals surface area contributed by atoms with Crippen LogP contribution >= 0.6 is 0 Å². The van der Waals surface area contributed by atoms with Gasteiger partial charge in [0.25, 0.3) is 5.91 Å². The minimum absolute atomic E-state index is 0.0235. The summed E-state index contributed by atoms with van der Waals surface area (Å²) in [6.45, 7) is 3.80. The lowest BCUT2D eigenvalue weighted by Crippen LogP contribution is -2.37. The summed E-state index contributed by atoms with van der Waals surface area (Å²) in [5.74, 6) is -2.32. The van der Waals surface area contributed by atoms with Crippen LogP contribution in [0.3, 0.4) is 0 Å². The lowest BCUT2D eigenvalue weighted by Gasteiger charge is -2.20. The summed E-state index contributed by atoms with van der Waals surface area (Å²) in [5, 5.41) is 5.19. The van der Waals surface area contributed by atoms with Gasteiger partial charge >= 0.3 is 0 Å². The predicted octanol–water partition coefficient (Wildman–Crippen LogP) is 3.87. The summed E-state index contributed by atoms with van der Waals surface area (Å²) in [4.78, 5) is 26.3. The summed E-state index contributed by atoms with van der Waals surface area (Å²) in [7, 11) is 3.05. The molecule has 0 aromatic heterocycles. The first-order valence-corrected chi connectivity index (χ1v) is 9.00. The van der Waals surface area contributed by atoms with E-state index in [9.17, 15) is 18.4 Å². The molecule has 0 fully saturated rings. The Morgan fingerprint density at radius 3 is 2.11 bits per heavy atom. The van der Waals surface area contributed by atoms with E-state index in [0.29, 0.717) is 5.56 Å². The Kier molecular flexibility index (Phi) is 7.09. The van der Waals surface area contributed by atoms with E-state index in [1.165, 1.54) is 19.0 Å². The zero-order valence-corrected chi connectivity index (χ0v) is 16.4. The minimum atomic E-state index is -0.980. The molecule has 0 bridgehead atoms. The van der Waals surface area contributed by atoms with Crippen molar-refractivity contribution in [3.63, 3.8) is 0 Å². The molecule has 2 N–H and O–H groups in total. The highest BCUT2D eigenvalue weighted by Crippen LogP contribution is 2.26. The van der Waals surface area contributed by atoms with Crippen LogP contribution in [0.2, 0.25) is 0 Å². The quantitative estimate of drug-likeness (QED) is 0.756. The number of nitrogens with zero attached hydrogens (tertiary/aromatic N) is 1. The van der Waals surface area contributed by atoms with Crippen LogP contribution in [-0.4, -0.2) is 25.9 Å². The van der Waals surface area contributed by atoms with Crippen molar-refractivity contribution in [3.8, 4) is 0 Å². The van der Waals surface area contributed by atoms with E-state index in [1.807, 2.05) is 13.8 Å². The van der Waals surface area contributed by atoms with Gasteiger partial charge in [0, 0.05) is 26.2 Å². The van der Waals surface area contributed by atoms with Gasteiger partial charge in [-0.3, -0.25) is 9.59 Å². The van der Waals surface area contributed by atoms with Gasteiger partial charge < -0.3 is 15.5 Å². The molecular formula is C21H25F2N3O2. The van der Waals surface area contributed by atoms with Crippen molar-refractivity contribution in [1.82, 2.24) is 5.32 Å².